The fraction of sp³-hybridized carbons (Fsp3) is 0.500. The number of aliphatic hydroxyl groups excluding tert-OH is 2. The highest BCUT2D eigenvalue weighted by Gasteiger charge is 2.06. The van der Waals surface area contributed by atoms with Crippen molar-refractivity contribution in [2.75, 3.05) is 26.4 Å². The summed E-state index contributed by atoms with van der Waals surface area (Å²) in [5, 5.41) is 17.4. The van der Waals surface area contributed by atoms with Crippen LogP contribution in [0.2, 0.25) is 0 Å². The van der Waals surface area contributed by atoms with Gasteiger partial charge < -0.3 is 19.7 Å². The molecule has 0 fully saturated rings. The number of aliphatic hydroxyl groups is 2. The summed E-state index contributed by atoms with van der Waals surface area (Å²) in [6.45, 7) is 4.42. The molecule has 4 heteroatoms. The van der Waals surface area contributed by atoms with Crippen molar-refractivity contribution in [2.45, 2.75) is 13.8 Å². The molecule has 0 atom stereocenters. The molecule has 0 unspecified atom stereocenters. The first kappa shape index (κ1) is 12.8. The molecule has 0 saturated heterocycles. The molecule has 0 aliphatic heterocycles. The van der Waals surface area contributed by atoms with Gasteiger partial charge in [-0.05, 0) is 37.1 Å². The van der Waals surface area contributed by atoms with E-state index in [4.69, 9.17) is 19.7 Å². The lowest BCUT2D eigenvalue weighted by atomic mass is 10.1. The van der Waals surface area contributed by atoms with Gasteiger partial charge >= 0.3 is 0 Å². The minimum absolute atomic E-state index is 0.000852. The van der Waals surface area contributed by atoms with Crippen molar-refractivity contribution in [3.8, 4) is 11.5 Å². The third-order valence-electron chi connectivity index (χ3n) is 2.13. The topological polar surface area (TPSA) is 58.9 Å². The van der Waals surface area contributed by atoms with Crippen LogP contribution < -0.4 is 9.47 Å². The van der Waals surface area contributed by atoms with Crippen molar-refractivity contribution in [2.24, 2.45) is 0 Å². The highest BCUT2D eigenvalue weighted by Crippen LogP contribution is 2.28. The largest absolute Gasteiger partial charge is 0.491 e. The monoisotopic (exact) mass is 226 g/mol. The summed E-state index contributed by atoms with van der Waals surface area (Å²) in [7, 11) is 0. The van der Waals surface area contributed by atoms with E-state index in [9.17, 15) is 0 Å². The van der Waals surface area contributed by atoms with E-state index in [1.807, 2.05) is 26.0 Å². The SMILES string of the molecule is Cc1cc(OCCO)cc(C)c1OCCO. The second kappa shape index (κ2) is 6.35. The molecule has 0 amide bonds. The van der Waals surface area contributed by atoms with E-state index in [2.05, 4.69) is 0 Å². The van der Waals surface area contributed by atoms with Gasteiger partial charge in [-0.2, -0.15) is 0 Å². The molecule has 2 N–H and O–H groups in total. The highest BCUT2D eigenvalue weighted by atomic mass is 16.5. The van der Waals surface area contributed by atoms with Crippen LogP contribution in [0.25, 0.3) is 0 Å². The summed E-state index contributed by atoms with van der Waals surface area (Å²) >= 11 is 0. The first-order valence-corrected chi connectivity index (χ1v) is 5.27. The van der Waals surface area contributed by atoms with Gasteiger partial charge in [0, 0.05) is 0 Å². The number of hydrogen-bond acceptors (Lipinski definition) is 4. The highest BCUT2D eigenvalue weighted by molar-refractivity contribution is 5.45. The smallest absolute Gasteiger partial charge is 0.125 e. The van der Waals surface area contributed by atoms with Gasteiger partial charge in [0.15, 0.2) is 0 Å². The molecule has 4 nitrogen and oxygen atoms in total. The van der Waals surface area contributed by atoms with Crippen molar-refractivity contribution in [3.63, 3.8) is 0 Å². The van der Waals surface area contributed by atoms with Crippen molar-refractivity contribution in [1.29, 1.82) is 0 Å². The Labute approximate surface area is 95.4 Å². The van der Waals surface area contributed by atoms with Gasteiger partial charge in [0.2, 0.25) is 0 Å². The zero-order chi connectivity index (χ0) is 12.0. The molecule has 0 spiro atoms. The van der Waals surface area contributed by atoms with Crippen molar-refractivity contribution >= 4 is 0 Å². The lowest BCUT2D eigenvalue weighted by Gasteiger charge is -2.13. The maximum Gasteiger partial charge on any atom is 0.125 e. The average molecular weight is 226 g/mol. The first-order valence-electron chi connectivity index (χ1n) is 5.27. The maximum atomic E-state index is 8.70. The van der Waals surface area contributed by atoms with Crippen LogP contribution >= 0.6 is 0 Å². The molecule has 1 aromatic rings. The Morgan fingerprint density at radius 3 is 1.94 bits per heavy atom. The van der Waals surface area contributed by atoms with Crippen LogP contribution in [0.4, 0.5) is 0 Å². The van der Waals surface area contributed by atoms with Crippen molar-refractivity contribution in [3.05, 3.63) is 23.3 Å². The Morgan fingerprint density at radius 2 is 1.44 bits per heavy atom. The minimum atomic E-state index is 0.000852. The molecule has 0 saturated carbocycles. The van der Waals surface area contributed by atoms with Crippen molar-refractivity contribution < 1.29 is 19.7 Å². The quantitative estimate of drug-likeness (QED) is 0.761. The molecule has 1 aromatic carbocycles. The fourth-order valence-electron chi connectivity index (χ4n) is 1.53. The fourth-order valence-corrected chi connectivity index (χ4v) is 1.53. The number of aryl methyl sites for hydroxylation is 2. The summed E-state index contributed by atoms with van der Waals surface area (Å²) in [4.78, 5) is 0. The van der Waals surface area contributed by atoms with E-state index in [0.717, 1.165) is 22.6 Å². The van der Waals surface area contributed by atoms with E-state index >= 15 is 0 Å². The minimum Gasteiger partial charge on any atom is -0.491 e. The molecule has 90 valence electrons. The second-order valence-electron chi connectivity index (χ2n) is 3.53. The summed E-state index contributed by atoms with van der Waals surface area (Å²) in [6.07, 6.45) is 0. The predicted molar refractivity (Wildman–Crippen MR) is 61.1 cm³/mol. The molecule has 1 rings (SSSR count). The second-order valence-corrected chi connectivity index (χ2v) is 3.53. The third kappa shape index (κ3) is 3.40. The number of hydrogen-bond donors (Lipinski definition) is 2. The van der Waals surface area contributed by atoms with Crippen LogP contribution in [0.1, 0.15) is 11.1 Å². The summed E-state index contributed by atoms with van der Waals surface area (Å²) < 4.78 is 10.7. The summed E-state index contributed by atoms with van der Waals surface area (Å²) in [5.41, 5.74) is 1.92. The van der Waals surface area contributed by atoms with Gasteiger partial charge in [-0.25, -0.2) is 0 Å². The zero-order valence-electron chi connectivity index (χ0n) is 9.69. The lowest BCUT2D eigenvalue weighted by molar-refractivity contribution is 0.196. The van der Waals surface area contributed by atoms with Crippen molar-refractivity contribution in [1.82, 2.24) is 0 Å². The summed E-state index contributed by atoms with van der Waals surface area (Å²) in [6, 6.07) is 3.71. The van der Waals surface area contributed by atoms with Crippen LogP contribution in [0.15, 0.2) is 12.1 Å². The van der Waals surface area contributed by atoms with Crippen LogP contribution in [0.3, 0.4) is 0 Å². The molecule has 0 aromatic heterocycles. The Kier molecular flexibility index (Phi) is 5.08. The van der Waals surface area contributed by atoms with E-state index in [-0.39, 0.29) is 19.8 Å². The van der Waals surface area contributed by atoms with Crippen LogP contribution in [-0.2, 0) is 0 Å². The lowest BCUT2D eigenvalue weighted by Crippen LogP contribution is -2.06. The Bertz CT molecular complexity index is 313. The van der Waals surface area contributed by atoms with E-state index in [1.165, 1.54) is 0 Å². The molecule has 0 aliphatic rings. The zero-order valence-corrected chi connectivity index (χ0v) is 9.69. The Hall–Kier alpha value is -1.26. The van der Waals surface area contributed by atoms with Crippen LogP contribution in [0, 0.1) is 13.8 Å². The molecule has 0 radical (unpaired) electrons. The molecular weight excluding hydrogens is 208 g/mol. The molecular formula is C12H18O4. The van der Waals surface area contributed by atoms with Gasteiger partial charge in [0.05, 0.1) is 13.2 Å². The first-order chi connectivity index (χ1) is 7.69. The number of ether oxygens (including phenoxy) is 2. The van der Waals surface area contributed by atoms with Gasteiger partial charge in [-0.15, -0.1) is 0 Å². The van der Waals surface area contributed by atoms with E-state index in [0.29, 0.717) is 6.61 Å². The number of benzene rings is 1. The van der Waals surface area contributed by atoms with Crippen LogP contribution in [0.5, 0.6) is 11.5 Å². The Morgan fingerprint density at radius 1 is 0.938 bits per heavy atom. The molecule has 0 aliphatic carbocycles. The Balaban J connectivity index is 2.80. The number of rotatable bonds is 6. The normalized spacial score (nSPS) is 10.2. The van der Waals surface area contributed by atoms with Gasteiger partial charge in [0.25, 0.3) is 0 Å². The van der Waals surface area contributed by atoms with Gasteiger partial charge in [0.1, 0.15) is 24.7 Å². The standard InChI is InChI=1S/C12H18O4/c1-9-7-11(15-5-3-13)8-10(2)12(9)16-6-4-14/h7-8,13-14H,3-6H2,1-2H3. The molecule has 16 heavy (non-hydrogen) atoms. The average Bonchev–Trinajstić information content (AvgIpc) is 2.25. The third-order valence-corrected chi connectivity index (χ3v) is 2.13. The van der Waals surface area contributed by atoms with Crippen LogP contribution in [-0.4, -0.2) is 36.6 Å². The van der Waals surface area contributed by atoms with Gasteiger partial charge in [-0.3, -0.25) is 0 Å². The maximum absolute atomic E-state index is 8.70. The van der Waals surface area contributed by atoms with E-state index < -0.39 is 0 Å². The molecule has 0 bridgehead atoms. The molecule has 0 heterocycles. The van der Waals surface area contributed by atoms with Gasteiger partial charge in [-0.1, -0.05) is 0 Å². The predicted octanol–water partition coefficient (Wildman–Crippen LogP) is 1.05. The van der Waals surface area contributed by atoms with E-state index in [1.54, 1.807) is 0 Å². The summed E-state index contributed by atoms with van der Waals surface area (Å²) in [5.74, 6) is 1.51.